The molecule has 3 aliphatic rings. The highest BCUT2D eigenvalue weighted by atomic mass is 15.3. The summed E-state index contributed by atoms with van der Waals surface area (Å²) < 4.78 is 0. The van der Waals surface area contributed by atoms with Gasteiger partial charge >= 0.3 is 0 Å². The van der Waals surface area contributed by atoms with Crippen LogP contribution in [0.1, 0.15) is 52.4 Å². The quantitative estimate of drug-likeness (QED) is 0.840. The predicted molar refractivity (Wildman–Crippen MR) is 89.6 cm³/mol. The Balaban J connectivity index is 1.60. The van der Waals surface area contributed by atoms with Crippen molar-refractivity contribution in [1.82, 2.24) is 15.1 Å². The molecular weight excluding hydrogens is 258 g/mol. The SMILES string of the molecule is CC1CCC(CNC2CC2)(CN2CCN(C)CC2C)CC1. The van der Waals surface area contributed by atoms with Crippen molar-refractivity contribution in [2.75, 3.05) is 39.8 Å². The predicted octanol–water partition coefficient (Wildman–Crippen LogP) is 2.57. The van der Waals surface area contributed by atoms with Crippen LogP contribution in [0.2, 0.25) is 0 Å². The molecule has 0 bridgehead atoms. The fraction of sp³-hybridized carbons (Fsp3) is 1.00. The zero-order valence-electron chi connectivity index (χ0n) is 14.4. The number of likely N-dealkylation sites (N-methyl/N-ethyl adjacent to an activating group) is 1. The number of hydrogen-bond acceptors (Lipinski definition) is 3. The molecule has 1 N–H and O–H groups in total. The van der Waals surface area contributed by atoms with E-state index in [2.05, 4.69) is 36.0 Å². The summed E-state index contributed by atoms with van der Waals surface area (Å²) in [7, 11) is 2.26. The highest BCUT2D eigenvalue weighted by Crippen LogP contribution is 2.40. The van der Waals surface area contributed by atoms with Crippen LogP contribution >= 0.6 is 0 Å². The van der Waals surface area contributed by atoms with Crippen LogP contribution in [0.15, 0.2) is 0 Å². The standard InChI is InChI=1S/C18H35N3/c1-15-6-8-18(9-7-15,13-19-17-4-5-17)14-21-11-10-20(3)12-16(21)2/h15-17,19H,4-14H2,1-3H3. The Morgan fingerprint density at radius 3 is 2.38 bits per heavy atom. The number of nitrogens with one attached hydrogen (secondary N) is 1. The Kier molecular flexibility index (Phi) is 4.92. The molecule has 0 radical (unpaired) electrons. The van der Waals surface area contributed by atoms with Gasteiger partial charge in [-0.05, 0) is 51.0 Å². The first kappa shape index (κ1) is 15.8. The van der Waals surface area contributed by atoms with Crippen molar-refractivity contribution >= 4 is 0 Å². The first-order chi connectivity index (χ1) is 10.1. The highest BCUT2D eigenvalue weighted by molar-refractivity contribution is 4.94. The van der Waals surface area contributed by atoms with Crippen LogP contribution in [-0.2, 0) is 0 Å². The van der Waals surface area contributed by atoms with Gasteiger partial charge < -0.3 is 10.2 Å². The van der Waals surface area contributed by atoms with E-state index in [9.17, 15) is 0 Å². The smallest absolute Gasteiger partial charge is 0.0195 e. The van der Waals surface area contributed by atoms with Crippen LogP contribution in [0.4, 0.5) is 0 Å². The van der Waals surface area contributed by atoms with Crippen molar-refractivity contribution in [2.45, 2.75) is 64.5 Å². The fourth-order valence-corrected chi connectivity index (χ4v) is 4.26. The van der Waals surface area contributed by atoms with Crippen LogP contribution < -0.4 is 5.32 Å². The summed E-state index contributed by atoms with van der Waals surface area (Å²) in [6.07, 6.45) is 8.58. The van der Waals surface area contributed by atoms with Crippen LogP contribution in [-0.4, -0.2) is 61.7 Å². The molecule has 0 aromatic carbocycles. The summed E-state index contributed by atoms with van der Waals surface area (Å²) in [6, 6.07) is 1.58. The molecule has 1 aliphatic heterocycles. The molecule has 2 saturated carbocycles. The van der Waals surface area contributed by atoms with Gasteiger partial charge in [-0.15, -0.1) is 0 Å². The van der Waals surface area contributed by atoms with Crippen molar-refractivity contribution in [3.05, 3.63) is 0 Å². The van der Waals surface area contributed by atoms with Gasteiger partial charge in [0.25, 0.3) is 0 Å². The lowest BCUT2D eigenvalue weighted by atomic mass is 9.70. The largest absolute Gasteiger partial charge is 0.313 e. The third-order valence-electron chi connectivity index (χ3n) is 6.18. The summed E-state index contributed by atoms with van der Waals surface area (Å²) in [5.74, 6) is 0.948. The van der Waals surface area contributed by atoms with Gasteiger partial charge in [0.2, 0.25) is 0 Å². The van der Waals surface area contributed by atoms with Crippen molar-refractivity contribution in [3.8, 4) is 0 Å². The molecule has 1 atom stereocenters. The second kappa shape index (κ2) is 6.55. The lowest BCUT2D eigenvalue weighted by molar-refractivity contribution is 0.0298. The maximum Gasteiger partial charge on any atom is 0.0195 e. The second-order valence-electron chi connectivity index (χ2n) is 8.42. The number of piperazine rings is 1. The molecule has 1 saturated heterocycles. The van der Waals surface area contributed by atoms with Crippen molar-refractivity contribution in [2.24, 2.45) is 11.3 Å². The van der Waals surface area contributed by atoms with Crippen molar-refractivity contribution < 1.29 is 0 Å². The zero-order chi connectivity index (χ0) is 14.9. The number of rotatable bonds is 5. The van der Waals surface area contributed by atoms with Crippen LogP contribution in [0, 0.1) is 11.3 Å². The fourth-order valence-electron chi connectivity index (χ4n) is 4.26. The molecule has 1 unspecified atom stereocenters. The maximum absolute atomic E-state index is 3.86. The monoisotopic (exact) mass is 293 g/mol. The first-order valence-electron chi connectivity index (χ1n) is 9.22. The van der Waals surface area contributed by atoms with Gasteiger partial charge in [-0.25, -0.2) is 0 Å². The first-order valence-corrected chi connectivity index (χ1v) is 9.22. The molecule has 1 heterocycles. The van der Waals surface area contributed by atoms with Crippen LogP contribution in [0.5, 0.6) is 0 Å². The van der Waals surface area contributed by atoms with E-state index in [0.717, 1.165) is 18.0 Å². The van der Waals surface area contributed by atoms with Gasteiger partial charge in [0.15, 0.2) is 0 Å². The third-order valence-corrected chi connectivity index (χ3v) is 6.18. The average molecular weight is 293 g/mol. The van der Waals surface area contributed by atoms with E-state index in [0.29, 0.717) is 5.41 Å². The van der Waals surface area contributed by atoms with Crippen LogP contribution in [0.25, 0.3) is 0 Å². The average Bonchev–Trinajstić information content (AvgIpc) is 3.27. The maximum atomic E-state index is 3.86. The van der Waals surface area contributed by atoms with Gasteiger partial charge in [-0.2, -0.15) is 0 Å². The van der Waals surface area contributed by atoms with Crippen LogP contribution in [0.3, 0.4) is 0 Å². The Morgan fingerprint density at radius 2 is 1.76 bits per heavy atom. The van der Waals surface area contributed by atoms with E-state index in [1.165, 1.54) is 71.2 Å². The van der Waals surface area contributed by atoms with Gasteiger partial charge in [0, 0.05) is 44.8 Å². The Bertz CT molecular complexity index is 331. The number of hydrogen-bond donors (Lipinski definition) is 1. The van der Waals surface area contributed by atoms with E-state index in [-0.39, 0.29) is 0 Å². The molecule has 0 aromatic heterocycles. The molecule has 3 fully saturated rings. The summed E-state index contributed by atoms with van der Waals surface area (Å²) in [5, 5.41) is 3.86. The minimum Gasteiger partial charge on any atom is -0.313 e. The summed E-state index contributed by atoms with van der Waals surface area (Å²) in [6.45, 7) is 11.2. The van der Waals surface area contributed by atoms with Crippen molar-refractivity contribution in [3.63, 3.8) is 0 Å². The molecule has 3 heteroatoms. The summed E-state index contributed by atoms with van der Waals surface area (Å²) >= 11 is 0. The van der Waals surface area contributed by atoms with E-state index < -0.39 is 0 Å². The summed E-state index contributed by atoms with van der Waals surface area (Å²) in [4.78, 5) is 5.27. The second-order valence-corrected chi connectivity index (χ2v) is 8.42. The molecule has 0 amide bonds. The van der Waals surface area contributed by atoms with Gasteiger partial charge in [-0.3, -0.25) is 4.90 Å². The normalized spacial score (nSPS) is 39.6. The van der Waals surface area contributed by atoms with E-state index in [1.54, 1.807) is 0 Å². The minimum atomic E-state index is 0.555. The zero-order valence-corrected chi connectivity index (χ0v) is 14.4. The lowest BCUT2D eigenvalue weighted by Gasteiger charge is -2.47. The molecule has 3 rings (SSSR count). The lowest BCUT2D eigenvalue weighted by Crippen LogP contribution is -2.55. The topological polar surface area (TPSA) is 18.5 Å². The molecule has 2 aliphatic carbocycles. The highest BCUT2D eigenvalue weighted by Gasteiger charge is 2.38. The third kappa shape index (κ3) is 4.20. The van der Waals surface area contributed by atoms with E-state index in [4.69, 9.17) is 0 Å². The molecular formula is C18H35N3. The molecule has 0 spiro atoms. The Hall–Kier alpha value is -0.120. The Labute approximate surface area is 131 Å². The van der Waals surface area contributed by atoms with Gasteiger partial charge in [-0.1, -0.05) is 19.8 Å². The number of nitrogens with zero attached hydrogens (tertiary/aromatic N) is 2. The molecule has 122 valence electrons. The molecule has 21 heavy (non-hydrogen) atoms. The van der Waals surface area contributed by atoms with Gasteiger partial charge in [0.05, 0.1) is 0 Å². The van der Waals surface area contributed by atoms with E-state index >= 15 is 0 Å². The Morgan fingerprint density at radius 1 is 1.05 bits per heavy atom. The van der Waals surface area contributed by atoms with Gasteiger partial charge in [0.1, 0.15) is 0 Å². The van der Waals surface area contributed by atoms with Crippen molar-refractivity contribution in [1.29, 1.82) is 0 Å². The minimum absolute atomic E-state index is 0.555. The summed E-state index contributed by atoms with van der Waals surface area (Å²) in [5.41, 5.74) is 0.555. The molecule has 3 nitrogen and oxygen atoms in total. The molecule has 0 aromatic rings. The van der Waals surface area contributed by atoms with E-state index in [1.807, 2.05) is 0 Å².